The lowest BCUT2D eigenvalue weighted by Gasteiger charge is -2.34. The van der Waals surface area contributed by atoms with Crippen molar-refractivity contribution >= 4 is 28.2 Å². The van der Waals surface area contributed by atoms with Gasteiger partial charge in [0.05, 0.1) is 30.8 Å². The van der Waals surface area contributed by atoms with Crippen molar-refractivity contribution in [3.05, 3.63) is 34.4 Å². The van der Waals surface area contributed by atoms with Crippen molar-refractivity contribution in [2.24, 2.45) is 0 Å². The molecule has 0 spiro atoms. The number of hydrogen-bond acceptors (Lipinski definition) is 6. The number of anilines is 1. The van der Waals surface area contributed by atoms with E-state index in [2.05, 4.69) is 38.3 Å². The Hall–Kier alpha value is -1.99. The van der Waals surface area contributed by atoms with Crippen molar-refractivity contribution in [2.75, 3.05) is 18.1 Å². The average molecular weight is 315 g/mol. The fourth-order valence-corrected chi connectivity index (χ4v) is 4.13. The molecule has 114 valence electrons. The summed E-state index contributed by atoms with van der Waals surface area (Å²) in [7, 11) is 0. The summed E-state index contributed by atoms with van der Waals surface area (Å²) in [4.78, 5) is 12.6. The number of fused-ring (bicyclic) bond motifs is 2. The van der Waals surface area contributed by atoms with Crippen molar-refractivity contribution in [3.8, 4) is 0 Å². The molecule has 4 heterocycles. The quantitative estimate of drug-likeness (QED) is 0.801. The monoisotopic (exact) mass is 315 g/mol. The van der Waals surface area contributed by atoms with Crippen molar-refractivity contribution in [3.63, 3.8) is 0 Å². The first kappa shape index (κ1) is 13.7. The number of thiophene rings is 1. The van der Waals surface area contributed by atoms with Crippen LogP contribution in [0.3, 0.4) is 0 Å². The van der Waals surface area contributed by atoms with Gasteiger partial charge in [-0.25, -0.2) is 14.6 Å². The second-order valence-corrected chi connectivity index (χ2v) is 6.45. The van der Waals surface area contributed by atoms with E-state index in [0.29, 0.717) is 12.6 Å². The van der Waals surface area contributed by atoms with Gasteiger partial charge in [0.2, 0.25) is 0 Å². The molecule has 3 aromatic rings. The summed E-state index contributed by atoms with van der Waals surface area (Å²) >= 11 is 1.84. The molecular weight excluding hydrogens is 298 g/mol. The Morgan fingerprint density at radius 2 is 2.32 bits per heavy atom. The molecule has 0 amide bonds. The molecule has 0 radical (unpaired) electrons. The normalized spacial score (nSPS) is 17.9. The molecule has 0 saturated heterocycles. The molecule has 1 N–H and O–H groups in total. The summed E-state index contributed by atoms with van der Waals surface area (Å²) in [5.41, 5.74) is 2.17. The molecule has 0 unspecified atom stereocenters. The first-order valence-corrected chi connectivity index (χ1v) is 8.28. The van der Waals surface area contributed by atoms with E-state index >= 15 is 0 Å². The molecule has 4 rings (SSSR count). The summed E-state index contributed by atoms with van der Waals surface area (Å²) in [5, 5.41) is 16.6. The highest BCUT2D eigenvalue weighted by Gasteiger charge is 2.27. The molecule has 0 bridgehead atoms. The molecule has 0 fully saturated rings. The second kappa shape index (κ2) is 5.33. The Balaban J connectivity index is 1.79. The van der Waals surface area contributed by atoms with Crippen LogP contribution in [0.1, 0.15) is 23.4 Å². The van der Waals surface area contributed by atoms with Crippen LogP contribution in [0.15, 0.2) is 24.0 Å². The SMILES string of the molecule is C[C@@H]1c2ccsc2CCN1c1ncnc2c1cnn2CCO. The third kappa shape index (κ3) is 2.00. The van der Waals surface area contributed by atoms with Gasteiger partial charge in [-0.2, -0.15) is 5.10 Å². The third-order valence-corrected chi connectivity index (χ3v) is 5.27. The maximum Gasteiger partial charge on any atom is 0.163 e. The van der Waals surface area contributed by atoms with E-state index in [0.717, 1.165) is 29.8 Å². The van der Waals surface area contributed by atoms with E-state index in [4.69, 9.17) is 5.11 Å². The molecule has 0 saturated carbocycles. The van der Waals surface area contributed by atoms with Crippen molar-refractivity contribution in [1.29, 1.82) is 0 Å². The summed E-state index contributed by atoms with van der Waals surface area (Å²) in [6.45, 7) is 3.67. The van der Waals surface area contributed by atoms with Crippen LogP contribution in [0.4, 0.5) is 5.82 Å². The molecule has 7 heteroatoms. The number of rotatable bonds is 3. The smallest absolute Gasteiger partial charge is 0.163 e. The maximum absolute atomic E-state index is 9.13. The molecule has 6 nitrogen and oxygen atoms in total. The molecule has 1 aliphatic rings. The van der Waals surface area contributed by atoms with Crippen LogP contribution >= 0.6 is 11.3 Å². The van der Waals surface area contributed by atoms with Gasteiger partial charge >= 0.3 is 0 Å². The molecule has 22 heavy (non-hydrogen) atoms. The van der Waals surface area contributed by atoms with E-state index in [1.54, 1.807) is 17.2 Å². The number of aliphatic hydroxyl groups excluding tert-OH is 1. The lowest BCUT2D eigenvalue weighted by atomic mass is 10.0. The predicted molar refractivity (Wildman–Crippen MR) is 86.2 cm³/mol. The molecular formula is C15H17N5OS. The van der Waals surface area contributed by atoms with Crippen LogP contribution in [-0.2, 0) is 13.0 Å². The van der Waals surface area contributed by atoms with Crippen LogP contribution in [0, 0.1) is 0 Å². The van der Waals surface area contributed by atoms with Gasteiger partial charge in [0.25, 0.3) is 0 Å². The van der Waals surface area contributed by atoms with E-state index in [9.17, 15) is 0 Å². The van der Waals surface area contributed by atoms with E-state index < -0.39 is 0 Å². The van der Waals surface area contributed by atoms with Crippen LogP contribution in [-0.4, -0.2) is 38.0 Å². The van der Waals surface area contributed by atoms with Crippen LogP contribution in [0.2, 0.25) is 0 Å². The Morgan fingerprint density at radius 3 is 3.18 bits per heavy atom. The summed E-state index contributed by atoms with van der Waals surface area (Å²) in [6.07, 6.45) is 4.44. The topological polar surface area (TPSA) is 67.1 Å². The van der Waals surface area contributed by atoms with E-state index in [-0.39, 0.29) is 6.61 Å². The zero-order valence-corrected chi connectivity index (χ0v) is 13.1. The first-order chi connectivity index (χ1) is 10.8. The molecule has 3 aromatic heterocycles. The maximum atomic E-state index is 9.13. The lowest BCUT2D eigenvalue weighted by molar-refractivity contribution is 0.271. The van der Waals surface area contributed by atoms with Gasteiger partial charge in [-0.05, 0) is 30.4 Å². The summed E-state index contributed by atoms with van der Waals surface area (Å²) in [6, 6.07) is 2.51. The molecule has 1 aliphatic heterocycles. The van der Waals surface area contributed by atoms with Gasteiger partial charge in [-0.3, -0.25) is 0 Å². The summed E-state index contributed by atoms with van der Waals surface area (Å²) in [5.74, 6) is 0.929. The Morgan fingerprint density at radius 1 is 1.41 bits per heavy atom. The minimum atomic E-state index is 0.0501. The van der Waals surface area contributed by atoms with Crippen molar-refractivity contribution < 1.29 is 5.11 Å². The van der Waals surface area contributed by atoms with Crippen molar-refractivity contribution in [1.82, 2.24) is 19.7 Å². The highest BCUT2D eigenvalue weighted by molar-refractivity contribution is 7.10. The Kier molecular flexibility index (Phi) is 3.31. The minimum Gasteiger partial charge on any atom is -0.394 e. The van der Waals surface area contributed by atoms with Gasteiger partial charge in [0, 0.05) is 11.4 Å². The highest BCUT2D eigenvalue weighted by Crippen LogP contribution is 2.37. The second-order valence-electron chi connectivity index (χ2n) is 5.44. The molecule has 1 atom stereocenters. The van der Waals surface area contributed by atoms with Gasteiger partial charge in [-0.1, -0.05) is 0 Å². The van der Waals surface area contributed by atoms with E-state index in [1.807, 2.05) is 11.3 Å². The van der Waals surface area contributed by atoms with Gasteiger partial charge < -0.3 is 10.0 Å². The fraction of sp³-hybridized carbons (Fsp3) is 0.400. The zero-order valence-electron chi connectivity index (χ0n) is 12.3. The van der Waals surface area contributed by atoms with Gasteiger partial charge in [0.15, 0.2) is 5.65 Å². The third-order valence-electron chi connectivity index (χ3n) is 4.27. The van der Waals surface area contributed by atoms with Crippen LogP contribution in [0.5, 0.6) is 0 Å². The molecule has 0 aromatic carbocycles. The zero-order chi connectivity index (χ0) is 15.1. The number of aliphatic hydroxyl groups is 1. The standard InChI is InChI=1S/C15H17N5OS/c1-10-11-3-7-22-13(11)2-4-19(10)14-12-8-18-20(5-6-21)15(12)17-9-16-14/h3,7-10,21H,2,4-6H2,1H3/t10-/m1/s1. The fourth-order valence-electron chi connectivity index (χ4n) is 3.17. The van der Waals surface area contributed by atoms with Crippen LogP contribution in [0.25, 0.3) is 11.0 Å². The van der Waals surface area contributed by atoms with Crippen LogP contribution < -0.4 is 4.90 Å². The Labute approximate surface area is 132 Å². The van der Waals surface area contributed by atoms with Gasteiger partial charge in [0.1, 0.15) is 12.1 Å². The minimum absolute atomic E-state index is 0.0501. The number of aromatic nitrogens is 4. The van der Waals surface area contributed by atoms with Gasteiger partial charge in [-0.15, -0.1) is 11.3 Å². The lowest BCUT2D eigenvalue weighted by Crippen LogP contribution is -2.33. The average Bonchev–Trinajstić information content (AvgIpc) is 3.16. The summed E-state index contributed by atoms with van der Waals surface area (Å²) < 4.78 is 1.73. The largest absolute Gasteiger partial charge is 0.394 e. The number of nitrogens with zero attached hydrogens (tertiary/aromatic N) is 5. The molecule has 0 aliphatic carbocycles. The first-order valence-electron chi connectivity index (χ1n) is 7.40. The number of hydrogen-bond donors (Lipinski definition) is 1. The van der Waals surface area contributed by atoms with E-state index in [1.165, 1.54) is 10.4 Å². The highest BCUT2D eigenvalue weighted by atomic mass is 32.1. The predicted octanol–water partition coefficient (Wildman–Crippen LogP) is 2.00. The Bertz CT molecular complexity index is 811. The van der Waals surface area contributed by atoms with Crippen molar-refractivity contribution in [2.45, 2.75) is 25.9 Å².